The Hall–Kier alpha value is -1.62. The minimum Gasteiger partial charge on any atom is -1.00 e. The topological polar surface area (TPSA) is 33.4 Å². The number of halogens is 1. The van der Waals surface area contributed by atoms with Crippen molar-refractivity contribution in [3.05, 3.63) is 36.5 Å². The quantitative estimate of drug-likeness (QED) is 0.615. The fourth-order valence-corrected chi connectivity index (χ4v) is 1.63. The van der Waals surface area contributed by atoms with Crippen molar-refractivity contribution in [3.8, 4) is 5.75 Å². The third-order valence-corrected chi connectivity index (χ3v) is 2.56. The Bertz CT molecular complexity index is 570. The maximum atomic E-state index is 11.5. The number of rotatable bonds is 1. The summed E-state index contributed by atoms with van der Waals surface area (Å²) in [5.41, 5.74) is 1.02. The van der Waals surface area contributed by atoms with Gasteiger partial charge in [0.2, 0.25) is 5.52 Å². The average Bonchev–Trinajstić information content (AvgIpc) is 2.30. The van der Waals surface area contributed by atoms with Crippen LogP contribution in [-0.2, 0) is 7.05 Å². The van der Waals surface area contributed by atoms with E-state index in [1.54, 1.807) is 20.2 Å². The van der Waals surface area contributed by atoms with Crippen molar-refractivity contribution >= 4 is 17.0 Å². The van der Waals surface area contributed by atoms with Crippen molar-refractivity contribution in [2.75, 3.05) is 14.1 Å². The molecule has 1 aromatic carbocycles. The third kappa shape index (κ3) is 2.79. The first-order valence-corrected chi connectivity index (χ1v) is 5.36. The number of aromatic nitrogens is 1. The molecule has 1 heterocycles. The lowest BCUT2D eigenvalue weighted by molar-refractivity contribution is -0.644. The number of aryl methyl sites for hydroxylation is 1. The Balaban J connectivity index is 0.00000162. The van der Waals surface area contributed by atoms with Crippen molar-refractivity contribution in [2.24, 2.45) is 7.05 Å². The van der Waals surface area contributed by atoms with Crippen LogP contribution >= 0.6 is 0 Å². The molecule has 4 nitrogen and oxygen atoms in total. The lowest BCUT2D eigenvalue weighted by Gasteiger charge is -2.11. The lowest BCUT2D eigenvalue weighted by Crippen LogP contribution is -3.00. The zero-order chi connectivity index (χ0) is 12.4. The zero-order valence-corrected chi connectivity index (χ0v) is 12.1. The van der Waals surface area contributed by atoms with Gasteiger partial charge in [0.25, 0.3) is 0 Å². The number of pyridine rings is 1. The molecule has 1 amide bonds. The smallest absolute Gasteiger partial charge is 0.414 e. The minimum absolute atomic E-state index is 0. The van der Waals surface area contributed by atoms with Gasteiger partial charge in [0.05, 0.1) is 5.39 Å². The van der Waals surface area contributed by atoms with Gasteiger partial charge in [-0.15, -0.1) is 0 Å². The summed E-state index contributed by atoms with van der Waals surface area (Å²) in [6.07, 6.45) is 1.59. The summed E-state index contributed by atoms with van der Waals surface area (Å²) < 4.78 is 7.31. The van der Waals surface area contributed by atoms with Crippen LogP contribution in [0.2, 0.25) is 0 Å². The average molecular weight is 311 g/mol. The number of benzene rings is 1. The van der Waals surface area contributed by atoms with Crippen LogP contribution in [0, 0.1) is 0 Å². The van der Waals surface area contributed by atoms with Crippen molar-refractivity contribution in [1.29, 1.82) is 0 Å². The highest BCUT2D eigenvalue weighted by molar-refractivity contribution is 5.85. The number of carbonyl (C=O) groups is 1. The zero-order valence-electron chi connectivity index (χ0n) is 10.6. The van der Waals surface area contributed by atoms with Gasteiger partial charge in [-0.1, -0.05) is 6.07 Å². The summed E-state index contributed by atoms with van der Waals surface area (Å²) in [5.74, 6) is 0.581. The number of nitrogens with zero attached hydrogens (tertiary/aromatic N) is 2. The minimum atomic E-state index is -0.371. The van der Waals surface area contributed by atoms with Crippen LogP contribution < -0.4 is 26.3 Å². The van der Waals surface area contributed by atoms with Crippen LogP contribution in [0.3, 0.4) is 0 Å². The normalized spacial score (nSPS) is 9.72. The molecule has 0 atom stereocenters. The van der Waals surface area contributed by atoms with E-state index in [0.717, 1.165) is 10.9 Å². The maximum absolute atomic E-state index is 11.5. The van der Waals surface area contributed by atoms with Gasteiger partial charge in [-0.2, -0.15) is 0 Å². The highest BCUT2D eigenvalue weighted by Crippen LogP contribution is 2.23. The molecule has 96 valence electrons. The number of fused-ring (bicyclic) bond motifs is 1. The van der Waals surface area contributed by atoms with E-state index in [2.05, 4.69) is 0 Å². The monoisotopic (exact) mass is 310 g/mol. The molecule has 0 unspecified atom stereocenters. The molecular formula is C13H15BrN2O2. The Morgan fingerprint density at radius 1 is 1.22 bits per heavy atom. The summed E-state index contributed by atoms with van der Waals surface area (Å²) in [7, 11) is 5.28. The Morgan fingerprint density at radius 2 is 1.94 bits per heavy atom. The molecule has 0 radical (unpaired) electrons. The van der Waals surface area contributed by atoms with Gasteiger partial charge in [0, 0.05) is 26.2 Å². The standard InChI is InChI=1S/C13H15N2O2.BrH/c1-14(2)13(16)17-12-8-4-7-11-10(12)6-5-9-15(11)3;/h4-9H,1-3H3;1H/q+1;/p-1. The molecule has 0 fully saturated rings. The number of hydrogen-bond donors (Lipinski definition) is 0. The van der Waals surface area contributed by atoms with E-state index in [4.69, 9.17) is 4.74 Å². The van der Waals surface area contributed by atoms with E-state index in [1.807, 2.05) is 42.1 Å². The fraction of sp³-hybridized carbons (Fsp3) is 0.231. The molecule has 0 saturated heterocycles. The molecule has 1 aromatic heterocycles. The van der Waals surface area contributed by atoms with Crippen LogP contribution in [0.25, 0.3) is 10.9 Å². The molecule has 2 rings (SSSR count). The van der Waals surface area contributed by atoms with Crippen molar-refractivity contribution < 1.29 is 31.1 Å². The predicted octanol–water partition coefficient (Wildman–Crippen LogP) is -1.27. The van der Waals surface area contributed by atoms with Crippen LogP contribution in [-0.4, -0.2) is 25.1 Å². The molecule has 0 N–H and O–H groups in total. The van der Waals surface area contributed by atoms with E-state index >= 15 is 0 Å². The second-order valence-corrected chi connectivity index (χ2v) is 4.07. The number of hydrogen-bond acceptors (Lipinski definition) is 2. The Labute approximate surface area is 117 Å². The van der Waals surface area contributed by atoms with Gasteiger partial charge in [-0.05, 0) is 12.1 Å². The largest absolute Gasteiger partial charge is 1.00 e. The van der Waals surface area contributed by atoms with Crippen molar-refractivity contribution in [1.82, 2.24) is 4.90 Å². The van der Waals surface area contributed by atoms with E-state index in [1.165, 1.54) is 4.90 Å². The first kappa shape index (κ1) is 14.4. The lowest BCUT2D eigenvalue weighted by atomic mass is 10.2. The van der Waals surface area contributed by atoms with E-state index in [9.17, 15) is 4.79 Å². The summed E-state index contributed by atoms with van der Waals surface area (Å²) in [5, 5.41) is 0.924. The predicted molar refractivity (Wildman–Crippen MR) is 64.8 cm³/mol. The van der Waals surface area contributed by atoms with Gasteiger partial charge in [0.1, 0.15) is 12.8 Å². The molecule has 0 saturated carbocycles. The van der Waals surface area contributed by atoms with Crippen molar-refractivity contribution in [3.63, 3.8) is 0 Å². The van der Waals surface area contributed by atoms with Crippen LogP contribution in [0.15, 0.2) is 36.5 Å². The van der Waals surface area contributed by atoms with E-state index in [0.29, 0.717) is 5.75 Å². The fourth-order valence-electron chi connectivity index (χ4n) is 1.63. The number of amides is 1. The van der Waals surface area contributed by atoms with E-state index < -0.39 is 0 Å². The van der Waals surface area contributed by atoms with Gasteiger partial charge in [-0.3, -0.25) is 0 Å². The maximum Gasteiger partial charge on any atom is 0.414 e. The van der Waals surface area contributed by atoms with Gasteiger partial charge in [-0.25, -0.2) is 9.36 Å². The first-order valence-electron chi connectivity index (χ1n) is 5.36. The van der Waals surface area contributed by atoms with Crippen LogP contribution in [0.1, 0.15) is 0 Å². The van der Waals surface area contributed by atoms with Gasteiger partial charge < -0.3 is 26.6 Å². The highest BCUT2D eigenvalue weighted by Gasteiger charge is 2.13. The van der Waals surface area contributed by atoms with Crippen LogP contribution in [0.4, 0.5) is 4.79 Å². The van der Waals surface area contributed by atoms with Crippen molar-refractivity contribution in [2.45, 2.75) is 0 Å². The highest BCUT2D eigenvalue weighted by atomic mass is 79.9. The molecule has 0 bridgehead atoms. The molecule has 5 heteroatoms. The Kier molecular flexibility index (Phi) is 4.67. The number of carbonyl (C=O) groups excluding carboxylic acids is 1. The second kappa shape index (κ2) is 5.82. The van der Waals surface area contributed by atoms with E-state index in [-0.39, 0.29) is 23.1 Å². The molecule has 0 aliphatic carbocycles. The summed E-state index contributed by atoms with van der Waals surface area (Å²) in [6, 6.07) is 9.52. The van der Waals surface area contributed by atoms with Gasteiger partial charge >= 0.3 is 6.09 Å². The molecule has 18 heavy (non-hydrogen) atoms. The number of ether oxygens (including phenoxy) is 1. The third-order valence-electron chi connectivity index (χ3n) is 2.56. The molecule has 0 aliphatic rings. The second-order valence-electron chi connectivity index (χ2n) is 4.07. The Morgan fingerprint density at radius 3 is 2.61 bits per heavy atom. The summed E-state index contributed by atoms with van der Waals surface area (Å²) in [4.78, 5) is 12.9. The molecular weight excluding hydrogens is 296 g/mol. The summed E-state index contributed by atoms with van der Waals surface area (Å²) >= 11 is 0. The van der Waals surface area contributed by atoms with Gasteiger partial charge in [0.15, 0.2) is 6.20 Å². The molecule has 2 aromatic rings. The molecule has 0 spiro atoms. The molecule has 0 aliphatic heterocycles. The van der Waals surface area contributed by atoms with Crippen LogP contribution in [0.5, 0.6) is 5.75 Å². The SMILES string of the molecule is CN(C)C(=O)Oc1cccc2c1ccc[n+]2C.[Br-]. The first-order chi connectivity index (χ1) is 8.09. The summed E-state index contributed by atoms with van der Waals surface area (Å²) in [6.45, 7) is 0.